The Bertz CT molecular complexity index is 377. The van der Waals surface area contributed by atoms with Gasteiger partial charge < -0.3 is 9.80 Å². The van der Waals surface area contributed by atoms with Crippen molar-refractivity contribution in [2.24, 2.45) is 0 Å². The lowest BCUT2D eigenvalue weighted by Gasteiger charge is -2.39. The average Bonchev–Trinajstić information content (AvgIpc) is 2.51. The number of amides is 2. The van der Waals surface area contributed by atoms with Gasteiger partial charge in [-0.1, -0.05) is 0 Å². The molecule has 0 aromatic carbocycles. The van der Waals surface area contributed by atoms with E-state index in [1.54, 1.807) is 0 Å². The third-order valence-corrected chi connectivity index (χ3v) is 5.99. The molecule has 24 heavy (non-hydrogen) atoms. The van der Waals surface area contributed by atoms with Gasteiger partial charge in [0.1, 0.15) is 0 Å². The highest BCUT2D eigenvalue weighted by Gasteiger charge is 2.29. The van der Waals surface area contributed by atoms with E-state index in [9.17, 15) is 9.59 Å². The molecule has 0 spiro atoms. The van der Waals surface area contributed by atoms with E-state index in [1.165, 1.54) is 12.8 Å². The quantitative estimate of drug-likeness (QED) is 0.708. The first-order chi connectivity index (χ1) is 11.4. The van der Waals surface area contributed by atoms with Crippen molar-refractivity contribution in [1.82, 2.24) is 9.80 Å². The van der Waals surface area contributed by atoms with Crippen LogP contribution in [0.4, 0.5) is 0 Å². The van der Waals surface area contributed by atoms with E-state index in [4.69, 9.17) is 0 Å². The smallest absolute Gasteiger partial charge is 0.223 e. The van der Waals surface area contributed by atoms with Crippen LogP contribution in [-0.4, -0.2) is 45.8 Å². The highest BCUT2D eigenvalue weighted by atomic mass is 16.2. The molecule has 0 aliphatic carbocycles. The summed E-state index contributed by atoms with van der Waals surface area (Å²) in [5.74, 6) is 0.559. The lowest BCUT2D eigenvalue weighted by atomic mass is 9.96. The summed E-state index contributed by atoms with van der Waals surface area (Å²) in [5.41, 5.74) is 0. The molecule has 138 valence electrons. The van der Waals surface area contributed by atoms with E-state index in [0.29, 0.717) is 37.0 Å². The monoisotopic (exact) mass is 336 g/mol. The molecule has 0 radical (unpaired) electrons. The molecule has 0 aromatic heterocycles. The van der Waals surface area contributed by atoms with E-state index in [1.807, 2.05) is 0 Å². The van der Waals surface area contributed by atoms with Crippen LogP contribution in [0, 0.1) is 0 Å². The van der Waals surface area contributed by atoms with Crippen LogP contribution in [0.1, 0.15) is 91.9 Å². The standard InChI is InChI=1S/C20H36N2O2/c1-15-9-7-10-16(2)21(15)19(23)13-5-6-14-20(24)22-17(3)11-8-12-18(22)4/h15-18H,5-14H2,1-4H3/t15-,16-,17-,18+/m0/s1. The molecule has 0 bridgehead atoms. The molecule has 2 saturated heterocycles. The Labute approximate surface area is 148 Å². The zero-order valence-corrected chi connectivity index (χ0v) is 16.1. The second kappa shape index (κ2) is 8.87. The lowest BCUT2D eigenvalue weighted by Crippen LogP contribution is -2.47. The molecule has 0 saturated carbocycles. The molecule has 0 unspecified atom stereocenters. The second-order valence-electron chi connectivity index (χ2n) is 8.07. The molecule has 2 heterocycles. The number of carbonyl (C=O) groups excluding carboxylic acids is 2. The number of likely N-dealkylation sites (tertiary alicyclic amines) is 2. The van der Waals surface area contributed by atoms with Gasteiger partial charge in [0.2, 0.25) is 11.8 Å². The normalized spacial score (nSPS) is 31.2. The molecular weight excluding hydrogens is 300 g/mol. The number of hydrogen-bond donors (Lipinski definition) is 0. The summed E-state index contributed by atoms with van der Waals surface area (Å²) in [6, 6.07) is 1.49. The van der Waals surface area contributed by atoms with Crippen molar-refractivity contribution < 1.29 is 9.59 Å². The largest absolute Gasteiger partial charge is 0.337 e. The van der Waals surface area contributed by atoms with Crippen LogP contribution in [0.25, 0.3) is 0 Å². The first-order valence-corrected chi connectivity index (χ1v) is 10.0. The van der Waals surface area contributed by atoms with Gasteiger partial charge in [0.15, 0.2) is 0 Å². The third-order valence-electron chi connectivity index (χ3n) is 5.99. The fraction of sp³-hybridized carbons (Fsp3) is 0.900. The van der Waals surface area contributed by atoms with Crippen molar-refractivity contribution in [1.29, 1.82) is 0 Å². The second-order valence-corrected chi connectivity index (χ2v) is 8.07. The maximum atomic E-state index is 12.5. The third kappa shape index (κ3) is 4.73. The van der Waals surface area contributed by atoms with Crippen molar-refractivity contribution in [2.45, 2.75) is 116 Å². The van der Waals surface area contributed by atoms with E-state index < -0.39 is 0 Å². The number of unbranched alkanes of at least 4 members (excludes halogenated alkanes) is 1. The minimum absolute atomic E-state index is 0.279. The maximum absolute atomic E-state index is 12.5. The number of carbonyl (C=O) groups is 2. The number of piperidine rings is 2. The van der Waals surface area contributed by atoms with Gasteiger partial charge in [-0.3, -0.25) is 9.59 Å². The van der Waals surface area contributed by atoms with E-state index in [-0.39, 0.29) is 11.8 Å². The zero-order valence-electron chi connectivity index (χ0n) is 16.1. The van der Waals surface area contributed by atoms with Gasteiger partial charge in [-0.25, -0.2) is 0 Å². The Morgan fingerprint density at radius 3 is 1.25 bits per heavy atom. The van der Waals surface area contributed by atoms with Gasteiger partial charge in [-0.15, -0.1) is 0 Å². The molecule has 4 heteroatoms. The van der Waals surface area contributed by atoms with Crippen LogP contribution < -0.4 is 0 Å². The minimum atomic E-state index is 0.279. The van der Waals surface area contributed by atoms with Crippen LogP contribution >= 0.6 is 0 Å². The predicted molar refractivity (Wildman–Crippen MR) is 97.7 cm³/mol. The van der Waals surface area contributed by atoms with E-state index >= 15 is 0 Å². The topological polar surface area (TPSA) is 40.6 Å². The van der Waals surface area contributed by atoms with Crippen LogP contribution in [0.5, 0.6) is 0 Å². The molecule has 4 nitrogen and oxygen atoms in total. The summed E-state index contributed by atoms with van der Waals surface area (Å²) in [5, 5.41) is 0. The maximum Gasteiger partial charge on any atom is 0.223 e. The predicted octanol–water partition coefficient (Wildman–Crippen LogP) is 4.13. The van der Waals surface area contributed by atoms with Crippen molar-refractivity contribution in [3.05, 3.63) is 0 Å². The summed E-state index contributed by atoms with van der Waals surface area (Å²) < 4.78 is 0. The molecule has 2 rings (SSSR count). The molecule has 0 aromatic rings. The first kappa shape index (κ1) is 19.3. The number of nitrogens with zero attached hydrogens (tertiary/aromatic N) is 2. The lowest BCUT2D eigenvalue weighted by molar-refractivity contribution is -0.139. The molecular formula is C20H36N2O2. The molecule has 4 atom stereocenters. The van der Waals surface area contributed by atoms with Gasteiger partial charge >= 0.3 is 0 Å². The SMILES string of the molecule is C[C@@H]1CCC[C@H](C)N1C(=O)CCCCC(=O)N1[C@@H](C)CCC[C@@H]1C. The Kier molecular flexibility index (Phi) is 7.12. The summed E-state index contributed by atoms with van der Waals surface area (Å²) in [4.78, 5) is 29.2. The highest BCUT2D eigenvalue weighted by molar-refractivity contribution is 5.78. The Morgan fingerprint density at radius 2 is 0.958 bits per heavy atom. The molecule has 2 fully saturated rings. The first-order valence-electron chi connectivity index (χ1n) is 10.0. The van der Waals surface area contributed by atoms with E-state index in [2.05, 4.69) is 37.5 Å². The summed E-state index contributed by atoms with van der Waals surface area (Å²) in [6.07, 6.45) is 9.80. The van der Waals surface area contributed by atoms with Crippen LogP contribution in [0.15, 0.2) is 0 Å². The zero-order chi connectivity index (χ0) is 17.7. The molecule has 2 aliphatic heterocycles. The summed E-state index contributed by atoms with van der Waals surface area (Å²) in [6.45, 7) is 8.65. The van der Waals surface area contributed by atoms with E-state index in [0.717, 1.165) is 38.5 Å². The van der Waals surface area contributed by atoms with Crippen molar-refractivity contribution >= 4 is 11.8 Å². The van der Waals surface area contributed by atoms with Crippen LogP contribution in [0.2, 0.25) is 0 Å². The fourth-order valence-corrected chi connectivity index (χ4v) is 4.64. The Balaban J connectivity index is 1.72. The highest BCUT2D eigenvalue weighted by Crippen LogP contribution is 2.25. The molecule has 0 N–H and O–H groups in total. The Hall–Kier alpha value is -1.06. The van der Waals surface area contributed by atoms with Crippen molar-refractivity contribution in [3.8, 4) is 0 Å². The summed E-state index contributed by atoms with van der Waals surface area (Å²) >= 11 is 0. The van der Waals surface area contributed by atoms with Gasteiger partial charge in [-0.2, -0.15) is 0 Å². The van der Waals surface area contributed by atoms with Gasteiger partial charge in [0.05, 0.1) is 0 Å². The summed E-state index contributed by atoms with van der Waals surface area (Å²) in [7, 11) is 0. The fourth-order valence-electron chi connectivity index (χ4n) is 4.64. The number of rotatable bonds is 5. The molecule has 2 amide bonds. The van der Waals surface area contributed by atoms with Gasteiger partial charge in [-0.05, 0) is 79.1 Å². The van der Waals surface area contributed by atoms with Crippen molar-refractivity contribution in [3.63, 3.8) is 0 Å². The average molecular weight is 337 g/mol. The van der Waals surface area contributed by atoms with Crippen molar-refractivity contribution in [2.75, 3.05) is 0 Å². The minimum Gasteiger partial charge on any atom is -0.337 e. The number of hydrogen-bond acceptors (Lipinski definition) is 2. The van der Waals surface area contributed by atoms with Crippen LogP contribution in [0.3, 0.4) is 0 Å². The molecule has 2 aliphatic rings. The van der Waals surface area contributed by atoms with Crippen LogP contribution in [-0.2, 0) is 9.59 Å². The van der Waals surface area contributed by atoms with Gasteiger partial charge in [0, 0.05) is 37.0 Å². The van der Waals surface area contributed by atoms with Gasteiger partial charge in [0.25, 0.3) is 0 Å². The Morgan fingerprint density at radius 1 is 0.667 bits per heavy atom.